The van der Waals surface area contributed by atoms with Crippen LogP contribution in [-0.4, -0.2) is 41.8 Å². The zero-order chi connectivity index (χ0) is 15.9. The van der Waals surface area contributed by atoms with Gasteiger partial charge in [-0.2, -0.15) is 0 Å². The monoisotopic (exact) mass is 320 g/mol. The molecule has 0 aromatic carbocycles. The number of likely N-dealkylation sites (tertiary alicyclic amines) is 1. The minimum atomic E-state index is -0.112. The van der Waals surface area contributed by atoms with Gasteiger partial charge in [0.25, 0.3) is 0 Å². The maximum atomic E-state index is 11.9. The molecule has 6 nitrogen and oxygen atoms in total. The molecule has 2 N–H and O–H groups in total. The molecule has 0 bridgehead atoms. The van der Waals surface area contributed by atoms with Crippen LogP contribution in [0.4, 0.5) is 4.79 Å². The molecule has 0 radical (unpaired) electrons. The van der Waals surface area contributed by atoms with E-state index in [0.29, 0.717) is 6.54 Å². The molecule has 1 aromatic heterocycles. The number of aromatic nitrogens is 1. The third-order valence-electron chi connectivity index (χ3n) is 5.09. The Labute approximate surface area is 138 Å². The van der Waals surface area contributed by atoms with Gasteiger partial charge in [0.15, 0.2) is 0 Å². The number of carbonyl (C=O) groups excluding carboxylic acids is 1. The lowest BCUT2D eigenvalue weighted by molar-refractivity contribution is 0.155. The number of hydrogen-bond acceptors (Lipinski definition) is 4. The van der Waals surface area contributed by atoms with Crippen LogP contribution in [0.15, 0.2) is 16.9 Å². The Balaban J connectivity index is 1.31. The van der Waals surface area contributed by atoms with Crippen molar-refractivity contribution in [1.82, 2.24) is 20.7 Å². The molecule has 23 heavy (non-hydrogen) atoms. The quantitative estimate of drug-likeness (QED) is 0.874. The smallest absolute Gasteiger partial charge is 0.315 e. The Hall–Kier alpha value is -1.56. The highest BCUT2D eigenvalue weighted by molar-refractivity contribution is 5.74. The SMILES string of the molecule is O=C(NCc1ccon1)NC1CCN(CC2CCCCC2)CC1. The van der Waals surface area contributed by atoms with Crippen molar-refractivity contribution in [1.29, 1.82) is 0 Å². The summed E-state index contributed by atoms with van der Waals surface area (Å²) in [6.07, 6.45) is 10.7. The molecule has 0 spiro atoms. The highest BCUT2D eigenvalue weighted by atomic mass is 16.5. The fourth-order valence-corrected chi connectivity index (χ4v) is 3.73. The van der Waals surface area contributed by atoms with Gasteiger partial charge in [-0.25, -0.2) is 4.79 Å². The zero-order valence-electron chi connectivity index (χ0n) is 13.8. The van der Waals surface area contributed by atoms with Crippen LogP contribution in [0.3, 0.4) is 0 Å². The van der Waals surface area contributed by atoms with Gasteiger partial charge in [0.1, 0.15) is 12.0 Å². The Morgan fingerprint density at radius 2 is 2.00 bits per heavy atom. The van der Waals surface area contributed by atoms with Crippen LogP contribution in [0.2, 0.25) is 0 Å². The maximum absolute atomic E-state index is 11.9. The number of urea groups is 1. The number of amides is 2. The van der Waals surface area contributed by atoms with Gasteiger partial charge in [0.2, 0.25) is 0 Å². The molecule has 0 unspecified atom stereocenters. The molecular formula is C17H28N4O2. The summed E-state index contributed by atoms with van der Waals surface area (Å²) in [6, 6.07) is 1.93. The van der Waals surface area contributed by atoms with Crippen LogP contribution in [0, 0.1) is 5.92 Å². The molecule has 2 heterocycles. The number of hydrogen-bond donors (Lipinski definition) is 2. The van der Waals surface area contributed by atoms with E-state index in [-0.39, 0.29) is 12.1 Å². The molecule has 1 aliphatic heterocycles. The summed E-state index contributed by atoms with van der Waals surface area (Å²) in [5.74, 6) is 0.902. The summed E-state index contributed by atoms with van der Waals surface area (Å²) in [5, 5.41) is 9.67. The average molecular weight is 320 g/mol. The fourth-order valence-electron chi connectivity index (χ4n) is 3.73. The van der Waals surface area contributed by atoms with Crippen molar-refractivity contribution in [2.45, 2.75) is 57.5 Å². The van der Waals surface area contributed by atoms with E-state index >= 15 is 0 Å². The fraction of sp³-hybridized carbons (Fsp3) is 0.765. The Bertz CT molecular complexity index is 463. The van der Waals surface area contributed by atoms with Crippen molar-refractivity contribution in [3.05, 3.63) is 18.0 Å². The van der Waals surface area contributed by atoms with Crippen molar-refractivity contribution < 1.29 is 9.32 Å². The predicted octanol–water partition coefficient (Wildman–Crippen LogP) is 2.52. The molecule has 2 fully saturated rings. The average Bonchev–Trinajstić information content (AvgIpc) is 3.09. The molecular weight excluding hydrogens is 292 g/mol. The van der Waals surface area contributed by atoms with E-state index in [2.05, 4.69) is 20.7 Å². The molecule has 1 saturated heterocycles. The molecule has 1 saturated carbocycles. The first-order valence-corrected chi connectivity index (χ1v) is 8.95. The van der Waals surface area contributed by atoms with Crippen molar-refractivity contribution >= 4 is 6.03 Å². The number of carbonyl (C=O) groups is 1. The summed E-state index contributed by atoms with van der Waals surface area (Å²) < 4.78 is 4.74. The topological polar surface area (TPSA) is 70.4 Å². The van der Waals surface area contributed by atoms with Gasteiger partial charge in [-0.1, -0.05) is 24.4 Å². The number of rotatable bonds is 5. The highest BCUT2D eigenvalue weighted by Gasteiger charge is 2.23. The van der Waals surface area contributed by atoms with Gasteiger partial charge < -0.3 is 20.1 Å². The van der Waals surface area contributed by atoms with Crippen LogP contribution in [0.1, 0.15) is 50.6 Å². The number of nitrogens with zero attached hydrogens (tertiary/aromatic N) is 2. The van der Waals surface area contributed by atoms with Crippen molar-refractivity contribution in [2.24, 2.45) is 5.92 Å². The minimum absolute atomic E-state index is 0.112. The third kappa shape index (κ3) is 5.23. The molecule has 128 valence electrons. The lowest BCUT2D eigenvalue weighted by atomic mass is 9.88. The van der Waals surface area contributed by atoms with Gasteiger partial charge in [0, 0.05) is 31.7 Å². The molecule has 3 rings (SSSR count). The van der Waals surface area contributed by atoms with E-state index in [9.17, 15) is 4.79 Å². The molecule has 1 aliphatic carbocycles. The Morgan fingerprint density at radius 1 is 1.22 bits per heavy atom. The van der Waals surface area contributed by atoms with E-state index in [1.165, 1.54) is 44.9 Å². The first-order valence-electron chi connectivity index (χ1n) is 8.95. The molecule has 2 amide bonds. The standard InChI is InChI=1S/C17H28N4O2/c22-17(18-12-16-8-11-23-20-16)19-15-6-9-21(10-7-15)13-14-4-2-1-3-5-14/h8,11,14-15H,1-7,9-10,12-13H2,(H2,18,19,22). The van der Waals surface area contributed by atoms with Crippen LogP contribution < -0.4 is 10.6 Å². The van der Waals surface area contributed by atoms with Crippen LogP contribution >= 0.6 is 0 Å². The second-order valence-electron chi connectivity index (χ2n) is 6.90. The summed E-state index contributed by atoms with van der Waals surface area (Å²) in [6.45, 7) is 3.86. The Kier molecular flexibility index (Phi) is 5.91. The van der Waals surface area contributed by atoms with E-state index in [1.54, 1.807) is 6.07 Å². The van der Waals surface area contributed by atoms with E-state index < -0.39 is 0 Å². The molecule has 1 aromatic rings. The summed E-state index contributed by atoms with van der Waals surface area (Å²) in [4.78, 5) is 14.5. The van der Waals surface area contributed by atoms with Gasteiger partial charge in [-0.05, 0) is 31.6 Å². The van der Waals surface area contributed by atoms with Crippen molar-refractivity contribution in [3.63, 3.8) is 0 Å². The summed E-state index contributed by atoms with van der Waals surface area (Å²) in [7, 11) is 0. The van der Waals surface area contributed by atoms with Crippen LogP contribution in [-0.2, 0) is 6.54 Å². The third-order valence-corrected chi connectivity index (χ3v) is 5.09. The summed E-state index contributed by atoms with van der Waals surface area (Å²) in [5.41, 5.74) is 0.738. The predicted molar refractivity (Wildman–Crippen MR) is 87.9 cm³/mol. The second kappa shape index (κ2) is 8.34. The van der Waals surface area contributed by atoms with Crippen LogP contribution in [0.5, 0.6) is 0 Å². The van der Waals surface area contributed by atoms with Gasteiger partial charge in [0.05, 0.1) is 6.54 Å². The first-order chi connectivity index (χ1) is 11.3. The lowest BCUT2D eigenvalue weighted by Crippen LogP contribution is -2.48. The lowest BCUT2D eigenvalue weighted by Gasteiger charge is -2.35. The van der Waals surface area contributed by atoms with Crippen LogP contribution in [0.25, 0.3) is 0 Å². The number of nitrogens with one attached hydrogen (secondary N) is 2. The van der Waals surface area contributed by atoms with Gasteiger partial charge >= 0.3 is 6.03 Å². The minimum Gasteiger partial charge on any atom is -0.364 e. The molecule has 6 heteroatoms. The molecule has 2 aliphatic rings. The zero-order valence-corrected chi connectivity index (χ0v) is 13.8. The summed E-state index contributed by atoms with van der Waals surface area (Å²) >= 11 is 0. The van der Waals surface area contributed by atoms with Gasteiger partial charge in [-0.3, -0.25) is 0 Å². The maximum Gasteiger partial charge on any atom is 0.315 e. The molecule has 0 atom stereocenters. The van der Waals surface area contributed by atoms with Crippen molar-refractivity contribution in [2.75, 3.05) is 19.6 Å². The van der Waals surface area contributed by atoms with Gasteiger partial charge in [-0.15, -0.1) is 0 Å². The highest BCUT2D eigenvalue weighted by Crippen LogP contribution is 2.25. The van der Waals surface area contributed by atoms with E-state index in [1.807, 2.05) is 0 Å². The van der Waals surface area contributed by atoms with E-state index in [0.717, 1.165) is 37.5 Å². The first kappa shape index (κ1) is 16.3. The van der Waals surface area contributed by atoms with Crippen molar-refractivity contribution in [3.8, 4) is 0 Å². The Morgan fingerprint density at radius 3 is 2.70 bits per heavy atom. The number of piperidine rings is 1. The van der Waals surface area contributed by atoms with E-state index in [4.69, 9.17) is 4.52 Å². The second-order valence-corrected chi connectivity index (χ2v) is 6.90. The normalized spacial score (nSPS) is 21.2. The largest absolute Gasteiger partial charge is 0.364 e.